The summed E-state index contributed by atoms with van der Waals surface area (Å²) >= 11 is 0. The second kappa shape index (κ2) is 3.83. The fourth-order valence-corrected chi connectivity index (χ4v) is 1.25. The van der Waals surface area contributed by atoms with E-state index in [1.807, 2.05) is 6.92 Å². The van der Waals surface area contributed by atoms with Crippen molar-refractivity contribution in [3.05, 3.63) is 0 Å². The zero-order valence-electron chi connectivity index (χ0n) is 6.88. The van der Waals surface area contributed by atoms with Gasteiger partial charge in [-0.3, -0.25) is 4.79 Å². The van der Waals surface area contributed by atoms with Gasteiger partial charge in [-0.05, 0) is 19.8 Å². The number of carbonyl (C=O) groups excluding carboxylic acids is 1. The van der Waals surface area contributed by atoms with Gasteiger partial charge in [0, 0.05) is 18.6 Å². The van der Waals surface area contributed by atoms with Crippen LogP contribution in [0.1, 0.15) is 19.8 Å². The molecule has 0 aromatic heterocycles. The zero-order chi connectivity index (χ0) is 8.27. The Morgan fingerprint density at radius 2 is 2.27 bits per heavy atom. The fraction of sp³-hybridized carbons (Fsp3) is 0.875. The van der Waals surface area contributed by atoms with E-state index in [9.17, 15) is 4.79 Å². The van der Waals surface area contributed by atoms with Crippen molar-refractivity contribution in [3.8, 4) is 0 Å². The van der Waals surface area contributed by atoms with Crippen LogP contribution in [0.4, 0.5) is 0 Å². The molecule has 3 heteroatoms. The van der Waals surface area contributed by atoms with E-state index < -0.39 is 0 Å². The first-order valence-electron chi connectivity index (χ1n) is 4.10. The Bertz CT molecular complexity index is 141. The highest BCUT2D eigenvalue weighted by Crippen LogP contribution is 2.26. The van der Waals surface area contributed by atoms with Crippen molar-refractivity contribution in [2.75, 3.05) is 13.2 Å². The van der Waals surface area contributed by atoms with Crippen LogP contribution >= 0.6 is 0 Å². The number of ketones is 1. The first-order valence-corrected chi connectivity index (χ1v) is 4.10. The lowest BCUT2D eigenvalue weighted by Crippen LogP contribution is -2.41. The predicted molar refractivity (Wildman–Crippen MR) is 42.2 cm³/mol. The Morgan fingerprint density at radius 3 is 2.73 bits per heavy atom. The van der Waals surface area contributed by atoms with Crippen molar-refractivity contribution < 1.29 is 9.53 Å². The summed E-state index contributed by atoms with van der Waals surface area (Å²) in [5, 5.41) is 0. The van der Waals surface area contributed by atoms with Gasteiger partial charge in [0.1, 0.15) is 6.61 Å². The first kappa shape index (κ1) is 8.68. The van der Waals surface area contributed by atoms with E-state index in [4.69, 9.17) is 10.5 Å². The molecule has 0 aliphatic heterocycles. The summed E-state index contributed by atoms with van der Waals surface area (Å²) in [5.74, 6) is 0.408. The van der Waals surface area contributed by atoms with Crippen LogP contribution in [0.5, 0.6) is 0 Å². The van der Waals surface area contributed by atoms with Gasteiger partial charge in [0.05, 0.1) is 0 Å². The minimum atomic E-state index is 0.191. The topological polar surface area (TPSA) is 52.3 Å². The molecule has 3 nitrogen and oxygen atoms in total. The van der Waals surface area contributed by atoms with E-state index in [1.54, 1.807) is 0 Å². The minimum Gasteiger partial charge on any atom is -0.374 e. The molecule has 2 N–H and O–H groups in total. The van der Waals surface area contributed by atoms with Gasteiger partial charge in [-0.1, -0.05) is 0 Å². The predicted octanol–water partition coefficient (Wildman–Crippen LogP) is 0.329. The average Bonchev–Trinajstić information content (AvgIpc) is 1.94. The zero-order valence-corrected chi connectivity index (χ0v) is 6.88. The maximum Gasteiger partial charge on any atom is 0.161 e. The van der Waals surface area contributed by atoms with Crippen LogP contribution in [0.25, 0.3) is 0 Å². The van der Waals surface area contributed by atoms with Crippen molar-refractivity contribution in [1.29, 1.82) is 0 Å². The maximum absolute atomic E-state index is 11.1. The van der Waals surface area contributed by atoms with Crippen LogP contribution in [0.3, 0.4) is 0 Å². The largest absolute Gasteiger partial charge is 0.374 e. The summed E-state index contributed by atoms with van der Waals surface area (Å²) in [6.45, 7) is 2.78. The molecule has 64 valence electrons. The van der Waals surface area contributed by atoms with Gasteiger partial charge < -0.3 is 10.5 Å². The molecule has 0 aromatic rings. The molecule has 0 heterocycles. The van der Waals surface area contributed by atoms with Crippen molar-refractivity contribution in [2.45, 2.75) is 25.8 Å². The molecule has 0 unspecified atom stereocenters. The summed E-state index contributed by atoms with van der Waals surface area (Å²) < 4.78 is 5.00. The number of hydrogen-bond acceptors (Lipinski definition) is 3. The first-order chi connectivity index (χ1) is 5.24. The summed E-state index contributed by atoms with van der Waals surface area (Å²) in [6, 6.07) is 0.255. The lowest BCUT2D eigenvalue weighted by atomic mass is 9.78. The van der Waals surface area contributed by atoms with Crippen molar-refractivity contribution in [3.63, 3.8) is 0 Å². The third-order valence-electron chi connectivity index (χ3n) is 2.08. The molecule has 0 spiro atoms. The van der Waals surface area contributed by atoms with E-state index in [0.29, 0.717) is 6.61 Å². The van der Waals surface area contributed by atoms with Crippen molar-refractivity contribution in [1.82, 2.24) is 0 Å². The molecule has 0 radical (unpaired) electrons. The van der Waals surface area contributed by atoms with Gasteiger partial charge in [0.25, 0.3) is 0 Å². The molecule has 1 aliphatic carbocycles. The van der Waals surface area contributed by atoms with Crippen LogP contribution in [-0.2, 0) is 9.53 Å². The highest BCUT2D eigenvalue weighted by molar-refractivity contribution is 5.83. The molecular weight excluding hydrogens is 142 g/mol. The van der Waals surface area contributed by atoms with Crippen LogP contribution in [0.2, 0.25) is 0 Å². The van der Waals surface area contributed by atoms with E-state index >= 15 is 0 Å². The number of rotatable bonds is 4. The normalized spacial score (nSPS) is 29.6. The Labute approximate surface area is 66.9 Å². The molecule has 0 saturated heterocycles. The molecule has 1 fully saturated rings. The summed E-state index contributed by atoms with van der Waals surface area (Å²) in [4.78, 5) is 11.1. The number of Topliss-reactive ketones (excluding diaryl/α,β-unsaturated/α-hetero) is 1. The molecule has 0 aromatic carbocycles. The SMILES string of the molecule is CCOCC(=O)C1CC(N)C1. The molecule has 0 bridgehead atoms. The van der Waals surface area contributed by atoms with Crippen molar-refractivity contribution in [2.24, 2.45) is 11.7 Å². The highest BCUT2D eigenvalue weighted by atomic mass is 16.5. The van der Waals surface area contributed by atoms with Gasteiger partial charge >= 0.3 is 0 Å². The number of hydrogen-bond donors (Lipinski definition) is 1. The smallest absolute Gasteiger partial charge is 0.161 e. The Balaban J connectivity index is 2.11. The summed E-state index contributed by atoms with van der Waals surface area (Å²) in [6.07, 6.45) is 1.71. The standard InChI is InChI=1S/C8H15NO2/c1-2-11-5-8(10)6-3-7(9)4-6/h6-7H,2-5,9H2,1H3. The Morgan fingerprint density at radius 1 is 1.64 bits per heavy atom. The monoisotopic (exact) mass is 157 g/mol. The van der Waals surface area contributed by atoms with Crippen LogP contribution in [0.15, 0.2) is 0 Å². The van der Waals surface area contributed by atoms with E-state index in [2.05, 4.69) is 0 Å². The molecule has 1 rings (SSSR count). The van der Waals surface area contributed by atoms with E-state index in [-0.39, 0.29) is 24.3 Å². The second-order valence-corrected chi connectivity index (χ2v) is 3.03. The molecule has 0 atom stereocenters. The number of nitrogens with two attached hydrogens (primary N) is 1. The van der Waals surface area contributed by atoms with Crippen LogP contribution in [0, 0.1) is 5.92 Å². The highest BCUT2D eigenvalue weighted by Gasteiger charge is 2.31. The average molecular weight is 157 g/mol. The van der Waals surface area contributed by atoms with Gasteiger partial charge in [0.2, 0.25) is 0 Å². The molecule has 11 heavy (non-hydrogen) atoms. The maximum atomic E-state index is 11.1. The number of ether oxygens (including phenoxy) is 1. The van der Waals surface area contributed by atoms with Gasteiger partial charge in [-0.15, -0.1) is 0 Å². The fourth-order valence-electron chi connectivity index (χ4n) is 1.25. The third-order valence-corrected chi connectivity index (χ3v) is 2.08. The van der Waals surface area contributed by atoms with E-state index in [0.717, 1.165) is 12.8 Å². The Hall–Kier alpha value is -0.410. The van der Waals surface area contributed by atoms with Gasteiger partial charge in [-0.2, -0.15) is 0 Å². The lowest BCUT2D eigenvalue weighted by Gasteiger charge is -2.30. The summed E-state index contributed by atoms with van der Waals surface area (Å²) in [7, 11) is 0. The van der Waals surface area contributed by atoms with Gasteiger partial charge in [-0.25, -0.2) is 0 Å². The van der Waals surface area contributed by atoms with Crippen LogP contribution < -0.4 is 5.73 Å². The second-order valence-electron chi connectivity index (χ2n) is 3.03. The van der Waals surface area contributed by atoms with Gasteiger partial charge in [0.15, 0.2) is 5.78 Å². The lowest BCUT2D eigenvalue weighted by molar-refractivity contribution is -0.130. The number of carbonyl (C=O) groups is 1. The minimum absolute atomic E-state index is 0.191. The van der Waals surface area contributed by atoms with E-state index in [1.165, 1.54) is 0 Å². The molecule has 0 amide bonds. The molecule has 1 saturated carbocycles. The summed E-state index contributed by atoms with van der Waals surface area (Å²) in [5.41, 5.74) is 5.54. The quantitative estimate of drug-likeness (QED) is 0.639. The molecule has 1 aliphatic rings. The third kappa shape index (κ3) is 2.27. The molecular formula is C8H15NO2. The van der Waals surface area contributed by atoms with Crippen LogP contribution in [-0.4, -0.2) is 25.0 Å². The van der Waals surface area contributed by atoms with Crippen molar-refractivity contribution >= 4 is 5.78 Å². The Kier molecular flexibility index (Phi) is 3.02.